The van der Waals surface area contributed by atoms with Gasteiger partial charge in [-0.3, -0.25) is 4.79 Å². The Balaban J connectivity index is 2.86. The van der Waals surface area contributed by atoms with Gasteiger partial charge in [0.25, 0.3) is 0 Å². The van der Waals surface area contributed by atoms with Gasteiger partial charge in [-0.2, -0.15) is 0 Å². The lowest BCUT2D eigenvalue weighted by Gasteiger charge is -1.93. The molecule has 1 heterocycles. The zero-order valence-corrected chi connectivity index (χ0v) is 8.33. The second kappa shape index (κ2) is 3.29. The van der Waals surface area contributed by atoms with Crippen molar-refractivity contribution in [1.29, 1.82) is 0 Å². The summed E-state index contributed by atoms with van der Waals surface area (Å²) in [4.78, 5) is 10.8. The molecule has 0 saturated heterocycles. The van der Waals surface area contributed by atoms with E-state index in [4.69, 9.17) is 4.42 Å². The van der Waals surface area contributed by atoms with E-state index in [1.807, 2.05) is 32.0 Å². The smallest absolute Gasteiger partial charge is 0.185 e. The number of furan rings is 1. The molecule has 1 aromatic heterocycles. The molecule has 2 aromatic rings. The Morgan fingerprint density at radius 1 is 1.43 bits per heavy atom. The van der Waals surface area contributed by atoms with Gasteiger partial charge in [-0.1, -0.05) is 25.1 Å². The lowest BCUT2D eigenvalue weighted by atomic mass is 10.1. The quantitative estimate of drug-likeness (QED) is 0.678. The van der Waals surface area contributed by atoms with E-state index in [1.54, 1.807) is 0 Å². The van der Waals surface area contributed by atoms with Gasteiger partial charge in [0.05, 0.1) is 0 Å². The highest BCUT2D eigenvalue weighted by Gasteiger charge is 2.12. The average molecular weight is 188 g/mol. The van der Waals surface area contributed by atoms with Crippen LogP contribution in [0.4, 0.5) is 0 Å². The molecule has 0 aliphatic carbocycles. The standard InChI is InChI=1S/C12H12O2/c1-3-9-10-6-4-5-8(2)12(10)14-11(9)7-13/h4-7H,3H2,1-2H3. The predicted octanol–water partition coefficient (Wildman–Crippen LogP) is 3.12. The molecule has 2 nitrogen and oxygen atoms in total. The van der Waals surface area contributed by atoms with Gasteiger partial charge in [-0.25, -0.2) is 0 Å². The first-order valence-corrected chi connectivity index (χ1v) is 4.74. The molecule has 0 amide bonds. The molecule has 1 aromatic carbocycles. The van der Waals surface area contributed by atoms with Crippen LogP contribution in [0.2, 0.25) is 0 Å². The fraction of sp³-hybridized carbons (Fsp3) is 0.250. The average Bonchev–Trinajstić information content (AvgIpc) is 2.57. The predicted molar refractivity (Wildman–Crippen MR) is 55.7 cm³/mol. The number of para-hydroxylation sites is 1. The summed E-state index contributed by atoms with van der Waals surface area (Å²) in [5.74, 6) is 0.469. The Hall–Kier alpha value is -1.57. The van der Waals surface area contributed by atoms with Crippen molar-refractivity contribution in [3.8, 4) is 0 Å². The van der Waals surface area contributed by atoms with Crippen LogP contribution in [0.15, 0.2) is 22.6 Å². The highest BCUT2D eigenvalue weighted by Crippen LogP contribution is 2.27. The minimum Gasteiger partial charge on any atom is -0.453 e. The molecule has 0 unspecified atom stereocenters. The second-order valence-electron chi connectivity index (χ2n) is 3.37. The molecule has 2 rings (SSSR count). The van der Waals surface area contributed by atoms with Crippen molar-refractivity contribution >= 4 is 17.3 Å². The van der Waals surface area contributed by atoms with E-state index >= 15 is 0 Å². The van der Waals surface area contributed by atoms with E-state index in [9.17, 15) is 4.79 Å². The largest absolute Gasteiger partial charge is 0.453 e. The summed E-state index contributed by atoms with van der Waals surface area (Å²) in [6.07, 6.45) is 1.61. The lowest BCUT2D eigenvalue weighted by Crippen LogP contribution is -1.83. The number of hydrogen-bond acceptors (Lipinski definition) is 2. The number of carbonyl (C=O) groups excluding carboxylic acids is 1. The number of benzene rings is 1. The van der Waals surface area contributed by atoms with Crippen LogP contribution in [0.5, 0.6) is 0 Å². The second-order valence-corrected chi connectivity index (χ2v) is 3.37. The summed E-state index contributed by atoms with van der Waals surface area (Å²) in [6, 6.07) is 5.97. The molecule has 0 aliphatic rings. The van der Waals surface area contributed by atoms with Crippen molar-refractivity contribution < 1.29 is 9.21 Å². The SMILES string of the molecule is CCc1c(C=O)oc2c(C)cccc12. The first-order chi connectivity index (χ1) is 6.77. The van der Waals surface area contributed by atoms with E-state index in [-0.39, 0.29) is 0 Å². The third-order valence-corrected chi connectivity index (χ3v) is 2.51. The Labute approximate surface area is 82.5 Å². The molecule has 0 N–H and O–H groups in total. The summed E-state index contributed by atoms with van der Waals surface area (Å²) in [5, 5.41) is 1.06. The highest BCUT2D eigenvalue weighted by atomic mass is 16.3. The fourth-order valence-corrected chi connectivity index (χ4v) is 1.79. The van der Waals surface area contributed by atoms with Gasteiger partial charge in [0.2, 0.25) is 0 Å². The van der Waals surface area contributed by atoms with Crippen LogP contribution >= 0.6 is 0 Å². The zero-order chi connectivity index (χ0) is 10.1. The number of aryl methyl sites for hydroxylation is 2. The van der Waals surface area contributed by atoms with Gasteiger partial charge in [0.1, 0.15) is 5.58 Å². The van der Waals surface area contributed by atoms with Gasteiger partial charge in [0.15, 0.2) is 12.0 Å². The number of carbonyl (C=O) groups is 1. The lowest BCUT2D eigenvalue weighted by molar-refractivity contribution is 0.110. The van der Waals surface area contributed by atoms with Crippen molar-refractivity contribution in [2.24, 2.45) is 0 Å². The summed E-state index contributed by atoms with van der Waals surface area (Å²) in [7, 11) is 0. The van der Waals surface area contributed by atoms with E-state index in [0.717, 1.165) is 34.8 Å². The van der Waals surface area contributed by atoms with E-state index in [1.165, 1.54) is 0 Å². The molecule has 0 saturated carbocycles. The molecule has 0 radical (unpaired) electrons. The highest BCUT2D eigenvalue weighted by molar-refractivity contribution is 5.91. The molecular weight excluding hydrogens is 176 g/mol. The maximum atomic E-state index is 10.8. The van der Waals surface area contributed by atoms with Crippen LogP contribution in [0.3, 0.4) is 0 Å². The number of hydrogen-bond donors (Lipinski definition) is 0. The maximum absolute atomic E-state index is 10.8. The van der Waals surface area contributed by atoms with E-state index in [0.29, 0.717) is 5.76 Å². The minimum absolute atomic E-state index is 0.469. The number of rotatable bonds is 2. The monoisotopic (exact) mass is 188 g/mol. The zero-order valence-electron chi connectivity index (χ0n) is 8.33. The maximum Gasteiger partial charge on any atom is 0.185 e. The molecule has 0 aliphatic heterocycles. The molecule has 0 atom stereocenters. The van der Waals surface area contributed by atoms with Crippen LogP contribution in [0.25, 0.3) is 11.0 Å². The van der Waals surface area contributed by atoms with Crippen LogP contribution in [0.1, 0.15) is 28.6 Å². The van der Waals surface area contributed by atoms with Crippen molar-refractivity contribution in [3.05, 3.63) is 35.1 Å². The molecular formula is C12H12O2. The van der Waals surface area contributed by atoms with Crippen LogP contribution < -0.4 is 0 Å². The fourth-order valence-electron chi connectivity index (χ4n) is 1.79. The van der Waals surface area contributed by atoms with Crippen molar-refractivity contribution in [2.45, 2.75) is 20.3 Å². The van der Waals surface area contributed by atoms with Gasteiger partial charge < -0.3 is 4.42 Å². The molecule has 0 fully saturated rings. The summed E-state index contributed by atoms with van der Waals surface area (Å²) < 4.78 is 5.50. The van der Waals surface area contributed by atoms with Crippen LogP contribution in [-0.4, -0.2) is 6.29 Å². The summed E-state index contributed by atoms with van der Waals surface area (Å²) >= 11 is 0. The summed E-state index contributed by atoms with van der Waals surface area (Å²) in [6.45, 7) is 4.01. The van der Waals surface area contributed by atoms with Gasteiger partial charge in [-0.05, 0) is 18.9 Å². The van der Waals surface area contributed by atoms with Crippen molar-refractivity contribution in [3.63, 3.8) is 0 Å². The number of fused-ring (bicyclic) bond motifs is 1. The number of aldehydes is 1. The van der Waals surface area contributed by atoms with E-state index < -0.39 is 0 Å². The molecule has 72 valence electrons. The van der Waals surface area contributed by atoms with Gasteiger partial charge in [0, 0.05) is 10.9 Å². The normalized spacial score (nSPS) is 10.7. The topological polar surface area (TPSA) is 30.2 Å². The van der Waals surface area contributed by atoms with Gasteiger partial charge >= 0.3 is 0 Å². The van der Waals surface area contributed by atoms with Crippen molar-refractivity contribution in [1.82, 2.24) is 0 Å². The minimum atomic E-state index is 0.469. The first kappa shape index (κ1) is 9.00. The third kappa shape index (κ3) is 1.15. The Bertz CT molecular complexity index is 480. The molecule has 2 heteroatoms. The third-order valence-electron chi connectivity index (χ3n) is 2.51. The van der Waals surface area contributed by atoms with Crippen molar-refractivity contribution in [2.75, 3.05) is 0 Å². The van der Waals surface area contributed by atoms with Crippen LogP contribution in [0, 0.1) is 6.92 Å². The van der Waals surface area contributed by atoms with Crippen LogP contribution in [-0.2, 0) is 6.42 Å². The first-order valence-electron chi connectivity index (χ1n) is 4.74. The van der Waals surface area contributed by atoms with Gasteiger partial charge in [-0.15, -0.1) is 0 Å². The summed E-state index contributed by atoms with van der Waals surface area (Å²) in [5.41, 5.74) is 2.93. The van der Waals surface area contributed by atoms with E-state index in [2.05, 4.69) is 0 Å². The Morgan fingerprint density at radius 3 is 2.86 bits per heavy atom. The molecule has 14 heavy (non-hydrogen) atoms. The molecule has 0 bridgehead atoms. The Kier molecular flexibility index (Phi) is 2.12. The molecule has 0 spiro atoms. The Morgan fingerprint density at radius 2 is 2.21 bits per heavy atom.